The summed E-state index contributed by atoms with van der Waals surface area (Å²) in [6.07, 6.45) is 3.99. The van der Waals surface area contributed by atoms with Crippen LogP contribution in [0.25, 0.3) is 10.5 Å². The van der Waals surface area contributed by atoms with E-state index in [0.29, 0.717) is 6.54 Å². The van der Waals surface area contributed by atoms with Crippen molar-refractivity contribution >= 4 is 27.8 Å². The van der Waals surface area contributed by atoms with Crippen LogP contribution in [0, 0.1) is 12.8 Å². The molecule has 0 spiro atoms. The van der Waals surface area contributed by atoms with Crippen LogP contribution in [0.15, 0.2) is 42.0 Å². The van der Waals surface area contributed by atoms with E-state index in [1.807, 2.05) is 9.90 Å². The molecule has 0 aliphatic rings. The van der Waals surface area contributed by atoms with Gasteiger partial charge < -0.3 is 5.32 Å². The second-order valence-corrected chi connectivity index (χ2v) is 7.18. The molecule has 3 aromatic rings. The Labute approximate surface area is 151 Å². The molecule has 0 fully saturated rings. The zero-order chi connectivity index (χ0) is 17.8. The highest BCUT2D eigenvalue weighted by Crippen LogP contribution is 2.23. The van der Waals surface area contributed by atoms with E-state index in [9.17, 15) is 4.79 Å². The molecule has 0 aliphatic carbocycles. The molecule has 0 saturated carbocycles. The predicted octanol–water partition coefficient (Wildman–Crippen LogP) is 3.50. The number of nitrogens with one attached hydrogen (secondary N) is 1. The number of amides is 1. The van der Waals surface area contributed by atoms with E-state index in [1.54, 1.807) is 23.7 Å². The first kappa shape index (κ1) is 17.4. The first-order valence-electron chi connectivity index (χ1n) is 8.37. The normalized spacial score (nSPS) is 12.1. The third kappa shape index (κ3) is 4.14. The molecule has 0 radical (unpaired) electrons. The summed E-state index contributed by atoms with van der Waals surface area (Å²) >= 11 is 1.56. The summed E-state index contributed by atoms with van der Waals surface area (Å²) < 4.78 is 1.82. The van der Waals surface area contributed by atoms with Crippen LogP contribution in [0.4, 0.5) is 0 Å². The number of rotatable bonds is 6. The maximum absolute atomic E-state index is 12.3. The number of allylic oxidation sites excluding steroid dienone is 1. The highest BCUT2D eigenvalue weighted by atomic mass is 32.1. The second kappa shape index (κ2) is 7.61. The fourth-order valence-corrected chi connectivity index (χ4v) is 3.51. The molecule has 0 atom stereocenters. The number of hydrogen-bond acceptors (Lipinski definition) is 4. The Hall–Kier alpha value is -2.47. The van der Waals surface area contributed by atoms with E-state index in [-0.39, 0.29) is 11.8 Å². The number of carbonyl (C=O) groups is 1. The molecular formula is C19H22N4OS. The van der Waals surface area contributed by atoms with Crippen molar-refractivity contribution in [1.29, 1.82) is 0 Å². The molecule has 0 aliphatic heterocycles. The van der Waals surface area contributed by atoms with E-state index in [1.165, 1.54) is 5.56 Å². The molecule has 0 bridgehead atoms. The Kier molecular flexibility index (Phi) is 5.28. The van der Waals surface area contributed by atoms with Crippen molar-refractivity contribution in [2.24, 2.45) is 5.92 Å². The minimum absolute atomic E-state index is 0.0608. The van der Waals surface area contributed by atoms with Gasteiger partial charge in [0.05, 0.1) is 5.69 Å². The highest BCUT2D eigenvalue weighted by molar-refractivity contribution is 7.15. The van der Waals surface area contributed by atoms with Crippen molar-refractivity contribution in [3.8, 4) is 0 Å². The van der Waals surface area contributed by atoms with Gasteiger partial charge in [0.15, 0.2) is 0 Å². The average molecular weight is 354 g/mol. The smallest absolute Gasteiger partial charge is 0.244 e. The molecule has 1 amide bonds. The van der Waals surface area contributed by atoms with Crippen LogP contribution >= 0.6 is 11.3 Å². The zero-order valence-corrected chi connectivity index (χ0v) is 15.5. The molecule has 3 rings (SSSR count). The number of fused-ring (bicyclic) bond motifs is 1. The number of carbonyl (C=O) groups excluding carboxylic acids is 1. The van der Waals surface area contributed by atoms with E-state index < -0.39 is 0 Å². The van der Waals surface area contributed by atoms with Crippen molar-refractivity contribution in [3.63, 3.8) is 0 Å². The molecule has 0 unspecified atom stereocenters. The van der Waals surface area contributed by atoms with Crippen molar-refractivity contribution in [2.45, 2.75) is 27.2 Å². The lowest BCUT2D eigenvalue weighted by Crippen LogP contribution is -2.24. The molecule has 2 heterocycles. The summed E-state index contributed by atoms with van der Waals surface area (Å²) in [5.74, 6) is 0.217. The number of nitrogens with zero attached hydrogens (tertiary/aromatic N) is 3. The molecule has 0 saturated heterocycles. The Morgan fingerprint density at radius 2 is 2.08 bits per heavy atom. The van der Waals surface area contributed by atoms with E-state index in [4.69, 9.17) is 0 Å². The largest absolute Gasteiger partial charge is 0.352 e. The summed E-state index contributed by atoms with van der Waals surface area (Å²) in [6, 6.07) is 8.29. The lowest BCUT2D eigenvalue weighted by atomic mass is 9.94. The maximum atomic E-state index is 12.3. The Morgan fingerprint density at radius 3 is 2.80 bits per heavy atom. The van der Waals surface area contributed by atoms with Crippen LogP contribution in [0.2, 0.25) is 0 Å². The third-order valence-corrected chi connectivity index (χ3v) is 4.94. The predicted molar refractivity (Wildman–Crippen MR) is 102 cm³/mol. The first-order valence-corrected chi connectivity index (χ1v) is 9.25. The van der Waals surface area contributed by atoms with Crippen LogP contribution in [0.5, 0.6) is 0 Å². The molecule has 6 heteroatoms. The summed E-state index contributed by atoms with van der Waals surface area (Å²) in [6.45, 7) is 6.84. The van der Waals surface area contributed by atoms with Gasteiger partial charge in [-0.1, -0.05) is 43.7 Å². The van der Waals surface area contributed by atoms with Gasteiger partial charge >= 0.3 is 0 Å². The summed E-state index contributed by atoms with van der Waals surface area (Å²) in [5.41, 5.74) is 4.42. The Morgan fingerprint density at radius 1 is 1.32 bits per heavy atom. The lowest BCUT2D eigenvalue weighted by molar-refractivity contribution is -0.116. The molecule has 25 heavy (non-hydrogen) atoms. The summed E-state index contributed by atoms with van der Waals surface area (Å²) in [7, 11) is 0. The van der Waals surface area contributed by atoms with Gasteiger partial charge in [-0.25, -0.2) is 9.50 Å². The van der Waals surface area contributed by atoms with Crippen LogP contribution in [-0.4, -0.2) is 27.0 Å². The number of benzene rings is 1. The van der Waals surface area contributed by atoms with E-state index in [0.717, 1.165) is 28.2 Å². The highest BCUT2D eigenvalue weighted by Gasteiger charge is 2.10. The van der Waals surface area contributed by atoms with Crippen LogP contribution in [0.3, 0.4) is 0 Å². The third-order valence-electron chi connectivity index (χ3n) is 4.06. The fourth-order valence-electron chi connectivity index (χ4n) is 2.68. The molecular weight excluding hydrogens is 332 g/mol. The molecule has 1 aromatic carbocycles. The Bertz CT molecular complexity index is 890. The Balaban J connectivity index is 1.63. The van der Waals surface area contributed by atoms with Gasteiger partial charge in [0.25, 0.3) is 0 Å². The molecule has 5 nitrogen and oxygen atoms in total. The van der Waals surface area contributed by atoms with E-state index in [2.05, 4.69) is 60.4 Å². The topological polar surface area (TPSA) is 59.3 Å². The van der Waals surface area contributed by atoms with Gasteiger partial charge in [-0.15, -0.1) is 11.3 Å². The SMILES string of the molecule is Cc1ccc(/C(=C/C(=O)NCCc2csc3ncnn23)C(C)C)cc1. The zero-order valence-electron chi connectivity index (χ0n) is 14.7. The minimum atomic E-state index is -0.0608. The number of aryl methyl sites for hydroxylation is 1. The lowest BCUT2D eigenvalue weighted by Gasteiger charge is -2.12. The van der Waals surface area contributed by atoms with Crippen LogP contribution in [0.1, 0.15) is 30.7 Å². The number of hydrogen-bond donors (Lipinski definition) is 1. The van der Waals surface area contributed by atoms with Gasteiger partial charge in [0.1, 0.15) is 6.33 Å². The average Bonchev–Trinajstić information content (AvgIpc) is 3.18. The van der Waals surface area contributed by atoms with Gasteiger partial charge in [-0.3, -0.25) is 4.79 Å². The molecule has 130 valence electrons. The summed E-state index contributed by atoms with van der Waals surface area (Å²) in [5, 5.41) is 9.19. The van der Waals surface area contributed by atoms with Gasteiger partial charge in [-0.05, 0) is 24.0 Å². The monoisotopic (exact) mass is 354 g/mol. The quantitative estimate of drug-likeness (QED) is 0.689. The fraction of sp³-hybridized carbons (Fsp3) is 0.316. The number of thiazole rings is 1. The number of aromatic nitrogens is 3. The van der Waals surface area contributed by atoms with Crippen LogP contribution < -0.4 is 5.32 Å². The van der Waals surface area contributed by atoms with Crippen molar-refractivity contribution in [1.82, 2.24) is 19.9 Å². The van der Waals surface area contributed by atoms with Crippen molar-refractivity contribution < 1.29 is 4.79 Å². The van der Waals surface area contributed by atoms with Gasteiger partial charge in [-0.2, -0.15) is 5.10 Å². The van der Waals surface area contributed by atoms with E-state index >= 15 is 0 Å². The van der Waals surface area contributed by atoms with Crippen LogP contribution in [-0.2, 0) is 11.2 Å². The van der Waals surface area contributed by atoms with Crippen molar-refractivity contribution in [2.75, 3.05) is 6.54 Å². The molecule has 1 N–H and O–H groups in total. The standard InChI is InChI=1S/C19H22N4OS/c1-13(2)17(15-6-4-14(3)5-7-15)10-18(24)20-9-8-16-11-25-19-21-12-22-23(16)19/h4-7,10-13H,8-9H2,1-3H3,(H,20,24)/b17-10+. The molecule has 2 aromatic heterocycles. The maximum Gasteiger partial charge on any atom is 0.244 e. The minimum Gasteiger partial charge on any atom is -0.352 e. The van der Waals surface area contributed by atoms with Crippen molar-refractivity contribution in [3.05, 3.63) is 58.9 Å². The second-order valence-electron chi connectivity index (χ2n) is 6.34. The van der Waals surface area contributed by atoms with Gasteiger partial charge in [0.2, 0.25) is 10.9 Å². The first-order chi connectivity index (χ1) is 12.0. The van der Waals surface area contributed by atoms with Gasteiger partial charge in [0, 0.05) is 24.4 Å². The summed E-state index contributed by atoms with van der Waals surface area (Å²) in [4.78, 5) is 17.4.